The molecule has 1 amide bonds. The number of rotatable bonds is 4. The number of nitrogens with zero attached hydrogens (tertiary/aromatic N) is 1. The van der Waals surface area contributed by atoms with E-state index in [1.54, 1.807) is 0 Å². The smallest absolute Gasteiger partial charge is 0.226 e. The Morgan fingerprint density at radius 2 is 1.94 bits per heavy atom. The van der Waals surface area contributed by atoms with Gasteiger partial charge in [-0.1, -0.05) is 32.1 Å². The van der Waals surface area contributed by atoms with Gasteiger partial charge in [0.2, 0.25) is 5.91 Å². The lowest BCUT2D eigenvalue weighted by atomic mass is 9.85. The van der Waals surface area contributed by atoms with Crippen molar-refractivity contribution in [2.24, 2.45) is 23.5 Å². The molecule has 0 aromatic carbocycles. The predicted molar refractivity (Wildman–Crippen MR) is 76.7 cm³/mol. The van der Waals surface area contributed by atoms with Crippen LogP contribution in [0.25, 0.3) is 0 Å². The van der Waals surface area contributed by atoms with Gasteiger partial charge in [-0.3, -0.25) is 4.79 Å². The van der Waals surface area contributed by atoms with Gasteiger partial charge in [-0.2, -0.15) is 0 Å². The molecule has 106 valence electrons. The Kier molecular flexibility index (Phi) is 5.93. The van der Waals surface area contributed by atoms with E-state index in [-0.39, 0.29) is 18.4 Å². The van der Waals surface area contributed by atoms with Crippen LogP contribution >= 0.6 is 12.4 Å². The van der Waals surface area contributed by atoms with Gasteiger partial charge in [0.15, 0.2) is 0 Å². The molecular weight excluding hydrogens is 248 g/mol. The number of hydrogen-bond acceptors (Lipinski definition) is 2. The molecule has 2 N–H and O–H groups in total. The summed E-state index contributed by atoms with van der Waals surface area (Å²) in [5, 5.41) is 0. The molecule has 0 heterocycles. The molecule has 0 spiro atoms. The van der Waals surface area contributed by atoms with Crippen molar-refractivity contribution in [2.45, 2.75) is 51.5 Å². The molecule has 0 aromatic rings. The van der Waals surface area contributed by atoms with Crippen LogP contribution in [0.3, 0.4) is 0 Å². The molecule has 0 aromatic heterocycles. The summed E-state index contributed by atoms with van der Waals surface area (Å²) in [6, 6.07) is 0.176. The molecule has 3 nitrogen and oxygen atoms in total. The molecular formula is C14H27ClN2O. The van der Waals surface area contributed by atoms with Crippen molar-refractivity contribution in [2.75, 3.05) is 13.6 Å². The van der Waals surface area contributed by atoms with Crippen LogP contribution in [0.1, 0.15) is 45.4 Å². The van der Waals surface area contributed by atoms with E-state index in [1.807, 2.05) is 18.9 Å². The number of likely N-dealkylation sites (N-methyl/N-ethyl adjacent to an activating group) is 1. The monoisotopic (exact) mass is 274 g/mol. The van der Waals surface area contributed by atoms with Gasteiger partial charge in [0.05, 0.1) is 0 Å². The number of halogens is 1. The summed E-state index contributed by atoms with van der Waals surface area (Å²) in [4.78, 5) is 14.1. The van der Waals surface area contributed by atoms with Gasteiger partial charge in [0, 0.05) is 25.6 Å². The lowest BCUT2D eigenvalue weighted by Gasteiger charge is -2.25. The molecule has 0 bridgehead atoms. The van der Waals surface area contributed by atoms with E-state index in [0.717, 1.165) is 12.3 Å². The second-order valence-electron chi connectivity index (χ2n) is 5.94. The van der Waals surface area contributed by atoms with E-state index < -0.39 is 0 Å². The maximum atomic E-state index is 12.2. The van der Waals surface area contributed by atoms with Gasteiger partial charge < -0.3 is 10.6 Å². The highest BCUT2D eigenvalue weighted by Gasteiger charge is 2.48. The third-order valence-electron chi connectivity index (χ3n) is 4.76. The molecule has 0 aliphatic heterocycles. The number of amides is 1. The van der Waals surface area contributed by atoms with Crippen LogP contribution in [0.4, 0.5) is 0 Å². The van der Waals surface area contributed by atoms with Crippen LogP contribution in [-0.4, -0.2) is 30.4 Å². The van der Waals surface area contributed by atoms with Gasteiger partial charge in [0.1, 0.15) is 0 Å². The van der Waals surface area contributed by atoms with Crippen LogP contribution in [0.15, 0.2) is 0 Å². The SMILES string of the molecule is CC(CN)N(C)C(=O)C1CC1C1CCCCC1.Cl. The van der Waals surface area contributed by atoms with E-state index in [9.17, 15) is 4.79 Å². The molecule has 2 fully saturated rings. The van der Waals surface area contributed by atoms with Crippen molar-refractivity contribution >= 4 is 18.3 Å². The highest BCUT2D eigenvalue weighted by molar-refractivity contribution is 5.85. The summed E-state index contributed by atoms with van der Waals surface area (Å²) in [7, 11) is 1.90. The van der Waals surface area contributed by atoms with Gasteiger partial charge in [-0.05, 0) is 25.2 Å². The zero-order valence-corrected chi connectivity index (χ0v) is 12.4. The van der Waals surface area contributed by atoms with Crippen molar-refractivity contribution in [3.8, 4) is 0 Å². The van der Waals surface area contributed by atoms with Gasteiger partial charge in [-0.15, -0.1) is 12.4 Å². The van der Waals surface area contributed by atoms with Crippen molar-refractivity contribution in [1.29, 1.82) is 0 Å². The number of hydrogen-bond donors (Lipinski definition) is 1. The minimum atomic E-state index is 0. The molecule has 4 heteroatoms. The quantitative estimate of drug-likeness (QED) is 0.856. The average molecular weight is 275 g/mol. The third-order valence-corrected chi connectivity index (χ3v) is 4.76. The zero-order valence-electron chi connectivity index (χ0n) is 11.6. The summed E-state index contributed by atoms with van der Waals surface area (Å²) in [5.41, 5.74) is 5.61. The van der Waals surface area contributed by atoms with Crippen molar-refractivity contribution in [3.05, 3.63) is 0 Å². The number of nitrogens with two attached hydrogens (primary N) is 1. The Morgan fingerprint density at radius 3 is 2.50 bits per heavy atom. The predicted octanol–water partition coefficient (Wildman–Crippen LogP) is 2.43. The first-order valence-corrected chi connectivity index (χ1v) is 7.12. The molecule has 18 heavy (non-hydrogen) atoms. The number of carbonyl (C=O) groups excluding carboxylic acids is 1. The molecule has 2 rings (SSSR count). The van der Waals surface area contributed by atoms with Gasteiger partial charge in [-0.25, -0.2) is 0 Å². The molecule has 3 atom stereocenters. The standard InChI is InChI=1S/C14H26N2O.ClH/c1-10(9-15)16(2)14(17)13-8-12(13)11-6-4-3-5-7-11;/h10-13H,3-9,15H2,1-2H3;1H. The van der Waals surface area contributed by atoms with Crippen LogP contribution in [-0.2, 0) is 4.79 Å². The van der Waals surface area contributed by atoms with Gasteiger partial charge >= 0.3 is 0 Å². The van der Waals surface area contributed by atoms with Crippen molar-refractivity contribution in [1.82, 2.24) is 4.90 Å². The third kappa shape index (κ3) is 3.39. The van der Waals surface area contributed by atoms with Gasteiger partial charge in [0.25, 0.3) is 0 Å². The van der Waals surface area contributed by atoms with E-state index in [0.29, 0.717) is 24.3 Å². The van der Waals surface area contributed by atoms with Crippen LogP contribution < -0.4 is 5.73 Å². The summed E-state index contributed by atoms with van der Waals surface area (Å²) in [6.07, 6.45) is 7.97. The molecule has 3 unspecified atom stereocenters. The average Bonchev–Trinajstić information content (AvgIpc) is 3.17. The fourth-order valence-electron chi connectivity index (χ4n) is 3.22. The van der Waals surface area contributed by atoms with Crippen LogP contribution in [0.2, 0.25) is 0 Å². The molecule has 2 aliphatic carbocycles. The van der Waals surface area contributed by atoms with Crippen LogP contribution in [0, 0.1) is 17.8 Å². The Hall–Kier alpha value is -0.280. The minimum Gasteiger partial charge on any atom is -0.342 e. The Balaban J connectivity index is 0.00000162. The fraction of sp³-hybridized carbons (Fsp3) is 0.929. The fourth-order valence-corrected chi connectivity index (χ4v) is 3.22. The molecule has 0 radical (unpaired) electrons. The molecule has 2 saturated carbocycles. The normalized spacial score (nSPS) is 29.3. The first-order chi connectivity index (χ1) is 8.15. The lowest BCUT2D eigenvalue weighted by molar-refractivity contribution is -0.133. The van der Waals surface area contributed by atoms with Crippen molar-refractivity contribution < 1.29 is 4.79 Å². The number of carbonyl (C=O) groups is 1. The Labute approximate surface area is 117 Å². The van der Waals surface area contributed by atoms with E-state index >= 15 is 0 Å². The van der Waals surface area contributed by atoms with E-state index in [2.05, 4.69) is 0 Å². The summed E-state index contributed by atoms with van der Waals surface area (Å²) < 4.78 is 0. The van der Waals surface area contributed by atoms with E-state index in [4.69, 9.17) is 5.73 Å². The minimum absolute atomic E-state index is 0. The summed E-state index contributed by atoms with van der Waals surface area (Å²) in [6.45, 7) is 2.58. The second-order valence-corrected chi connectivity index (χ2v) is 5.94. The largest absolute Gasteiger partial charge is 0.342 e. The summed E-state index contributed by atoms with van der Waals surface area (Å²) >= 11 is 0. The topological polar surface area (TPSA) is 46.3 Å². The maximum Gasteiger partial charge on any atom is 0.226 e. The maximum absolute atomic E-state index is 12.2. The lowest BCUT2D eigenvalue weighted by Crippen LogP contribution is -2.41. The zero-order chi connectivity index (χ0) is 12.4. The second kappa shape index (κ2) is 6.76. The Bertz CT molecular complexity index is 279. The highest BCUT2D eigenvalue weighted by Crippen LogP contribution is 2.50. The first-order valence-electron chi connectivity index (χ1n) is 7.12. The van der Waals surface area contributed by atoms with Crippen LogP contribution in [0.5, 0.6) is 0 Å². The highest BCUT2D eigenvalue weighted by atomic mass is 35.5. The van der Waals surface area contributed by atoms with Crippen molar-refractivity contribution in [3.63, 3.8) is 0 Å². The first kappa shape index (κ1) is 15.8. The summed E-state index contributed by atoms with van der Waals surface area (Å²) in [5.74, 6) is 2.17. The Morgan fingerprint density at radius 1 is 1.33 bits per heavy atom. The molecule has 2 aliphatic rings. The van der Waals surface area contributed by atoms with E-state index in [1.165, 1.54) is 32.1 Å². The molecule has 0 saturated heterocycles.